The third kappa shape index (κ3) is 2.73. The first-order valence-corrected chi connectivity index (χ1v) is 4.71. The molecule has 1 N–H and O–H groups in total. The summed E-state index contributed by atoms with van der Waals surface area (Å²) in [7, 11) is 0. The Morgan fingerprint density at radius 3 is 2.80 bits per heavy atom. The van der Waals surface area contributed by atoms with Crippen LogP contribution in [0.5, 0.6) is 0 Å². The van der Waals surface area contributed by atoms with Crippen molar-refractivity contribution < 1.29 is 0 Å². The van der Waals surface area contributed by atoms with E-state index in [1.807, 2.05) is 13.1 Å². The maximum atomic E-state index is 4.13. The maximum Gasteiger partial charge on any atom is 0.222 e. The molecule has 0 radical (unpaired) electrons. The van der Waals surface area contributed by atoms with E-state index in [-0.39, 0.29) is 0 Å². The topological polar surface area (TPSA) is 68.5 Å². The molecule has 2 aromatic heterocycles. The van der Waals surface area contributed by atoms with Crippen LogP contribution in [0, 0.1) is 6.92 Å². The second-order valence-corrected chi connectivity index (χ2v) is 3.18. The number of nitrogens with zero attached hydrogens (tertiary/aromatic N) is 5. The van der Waals surface area contributed by atoms with Gasteiger partial charge < -0.3 is 5.32 Å². The highest BCUT2D eigenvalue weighted by Crippen LogP contribution is 1.97. The predicted octanol–water partition coefficient (Wildman–Crippen LogP) is 0.489. The van der Waals surface area contributed by atoms with Gasteiger partial charge in [0.1, 0.15) is 0 Å². The molecule has 2 aromatic rings. The highest BCUT2D eigenvalue weighted by molar-refractivity contribution is 5.23. The van der Waals surface area contributed by atoms with E-state index >= 15 is 0 Å². The van der Waals surface area contributed by atoms with Crippen LogP contribution in [0.3, 0.4) is 0 Å². The maximum absolute atomic E-state index is 4.13. The number of aromatic nitrogens is 5. The minimum atomic E-state index is 0.640. The summed E-state index contributed by atoms with van der Waals surface area (Å²) in [6, 6.07) is 0. The highest BCUT2D eigenvalue weighted by atomic mass is 15.4. The smallest absolute Gasteiger partial charge is 0.222 e. The second kappa shape index (κ2) is 4.50. The van der Waals surface area contributed by atoms with Gasteiger partial charge in [0.05, 0.1) is 12.7 Å². The molecule has 0 amide bonds. The van der Waals surface area contributed by atoms with E-state index in [2.05, 4.69) is 25.6 Å². The quantitative estimate of drug-likeness (QED) is 0.784. The van der Waals surface area contributed by atoms with Gasteiger partial charge in [-0.1, -0.05) is 5.21 Å². The molecule has 2 heterocycles. The van der Waals surface area contributed by atoms with Crippen molar-refractivity contribution in [2.75, 3.05) is 11.9 Å². The lowest BCUT2D eigenvalue weighted by Gasteiger charge is -2.03. The first-order chi connectivity index (χ1) is 7.34. The van der Waals surface area contributed by atoms with Gasteiger partial charge in [-0.05, 0) is 12.5 Å². The lowest BCUT2D eigenvalue weighted by Crippen LogP contribution is -2.12. The van der Waals surface area contributed by atoms with Crippen LogP contribution >= 0.6 is 0 Å². The third-order valence-electron chi connectivity index (χ3n) is 1.88. The largest absolute Gasteiger partial charge is 0.352 e. The molecule has 0 saturated heterocycles. The van der Waals surface area contributed by atoms with Gasteiger partial charge in [-0.15, -0.1) is 5.10 Å². The molecule has 0 spiro atoms. The molecule has 0 aliphatic heterocycles. The monoisotopic (exact) mass is 204 g/mol. The zero-order valence-electron chi connectivity index (χ0n) is 8.46. The molecule has 15 heavy (non-hydrogen) atoms. The molecule has 0 aromatic carbocycles. The standard InChI is InChI=1S/C9H12N6/c1-8-6-11-9(12-7-8)10-2-4-15-5-3-13-14-15/h3,5-7H,2,4H2,1H3,(H,10,11,12). The second-order valence-electron chi connectivity index (χ2n) is 3.18. The van der Waals surface area contributed by atoms with E-state index in [1.54, 1.807) is 23.3 Å². The molecule has 6 nitrogen and oxygen atoms in total. The van der Waals surface area contributed by atoms with E-state index in [4.69, 9.17) is 0 Å². The fraction of sp³-hybridized carbons (Fsp3) is 0.333. The minimum Gasteiger partial charge on any atom is -0.352 e. The van der Waals surface area contributed by atoms with E-state index < -0.39 is 0 Å². The van der Waals surface area contributed by atoms with Crippen LogP contribution in [-0.4, -0.2) is 31.5 Å². The normalized spacial score (nSPS) is 10.2. The van der Waals surface area contributed by atoms with Gasteiger partial charge in [-0.25, -0.2) is 9.97 Å². The molecule has 6 heteroatoms. The number of anilines is 1. The van der Waals surface area contributed by atoms with Crippen molar-refractivity contribution in [3.8, 4) is 0 Å². The fourth-order valence-corrected chi connectivity index (χ4v) is 1.12. The number of hydrogen-bond donors (Lipinski definition) is 1. The number of hydrogen-bond acceptors (Lipinski definition) is 5. The molecule has 0 saturated carbocycles. The van der Waals surface area contributed by atoms with Gasteiger partial charge in [0.2, 0.25) is 5.95 Å². The average Bonchev–Trinajstić information content (AvgIpc) is 2.74. The van der Waals surface area contributed by atoms with Crippen LogP contribution in [0.4, 0.5) is 5.95 Å². The molecule has 0 aliphatic rings. The van der Waals surface area contributed by atoms with Crippen molar-refractivity contribution in [2.24, 2.45) is 0 Å². The zero-order valence-corrected chi connectivity index (χ0v) is 8.46. The number of nitrogens with one attached hydrogen (secondary N) is 1. The van der Waals surface area contributed by atoms with Gasteiger partial charge in [0, 0.05) is 25.1 Å². The van der Waals surface area contributed by atoms with Crippen molar-refractivity contribution in [1.82, 2.24) is 25.0 Å². The molecule has 0 atom stereocenters. The summed E-state index contributed by atoms with van der Waals surface area (Å²) >= 11 is 0. The van der Waals surface area contributed by atoms with Crippen LogP contribution in [0.15, 0.2) is 24.8 Å². The Bertz CT molecular complexity index is 393. The number of aryl methyl sites for hydroxylation is 1. The molecule has 0 bridgehead atoms. The SMILES string of the molecule is Cc1cnc(NCCn2ccnn2)nc1. The molecule has 78 valence electrons. The molecule has 0 aliphatic carbocycles. The van der Waals surface area contributed by atoms with Crippen LogP contribution in [-0.2, 0) is 6.54 Å². The molecule has 0 unspecified atom stereocenters. The van der Waals surface area contributed by atoms with E-state index in [0.717, 1.165) is 18.7 Å². The van der Waals surface area contributed by atoms with Crippen molar-refractivity contribution in [3.05, 3.63) is 30.4 Å². The van der Waals surface area contributed by atoms with Gasteiger partial charge >= 0.3 is 0 Å². The Balaban J connectivity index is 1.81. The predicted molar refractivity (Wildman–Crippen MR) is 55.3 cm³/mol. The Morgan fingerprint density at radius 1 is 1.33 bits per heavy atom. The van der Waals surface area contributed by atoms with Gasteiger partial charge in [-0.2, -0.15) is 0 Å². The Kier molecular flexibility index (Phi) is 2.87. The highest BCUT2D eigenvalue weighted by Gasteiger charge is 1.95. The Labute approximate surface area is 87.4 Å². The first kappa shape index (κ1) is 9.57. The van der Waals surface area contributed by atoms with Gasteiger partial charge in [-0.3, -0.25) is 4.68 Å². The zero-order chi connectivity index (χ0) is 10.5. The van der Waals surface area contributed by atoms with E-state index in [9.17, 15) is 0 Å². The van der Waals surface area contributed by atoms with Crippen LogP contribution < -0.4 is 5.32 Å². The molecular formula is C9H12N6. The summed E-state index contributed by atoms with van der Waals surface area (Å²) in [6.07, 6.45) is 7.04. The van der Waals surface area contributed by atoms with E-state index in [1.165, 1.54) is 0 Å². The summed E-state index contributed by atoms with van der Waals surface area (Å²) in [5.41, 5.74) is 1.05. The Hall–Kier alpha value is -1.98. The summed E-state index contributed by atoms with van der Waals surface area (Å²) in [5, 5.41) is 10.7. The molecule has 0 fully saturated rings. The van der Waals surface area contributed by atoms with Gasteiger partial charge in [0.15, 0.2) is 0 Å². The Morgan fingerprint density at radius 2 is 2.13 bits per heavy atom. The van der Waals surface area contributed by atoms with Crippen LogP contribution in [0.2, 0.25) is 0 Å². The molecular weight excluding hydrogens is 192 g/mol. The molecule has 2 rings (SSSR count). The fourth-order valence-electron chi connectivity index (χ4n) is 1.12. The lowest BCUT2D eigenvalue weighted by atomic mass is 10.4. The van der Waals surface area contributed by atoms with Crippen molar-refractivity contribution in [2.45, 2.75) is 13.5 Å². The van der Waals surface area contributed by atoms with Crippen LogP contribution in [0.25, 0.3) is 0 Å². The summed E-state index contributed by atoms with van der Waals surface area (Å²) in [6.45, 7) is 3.43. The summed E-state index contributed by atoms with van der Waals surface area (Å²) in [4.78, 5) is 8.26. The lowest BCUT2D eigenvalue weighted by molar-refractivity contribution is 0.607. The average molecular weight is 204 g/mol. The van der Waals surface area contributed by atoms with Crippen molar-refractivity contribution >= 4 is 5.95 Å². The van der Waals surface area contributed by atoms with Crippen molar-refractivity contribution in [3.63, 3.8) is 0 Å². The number of rotatable bonds is 4. The van der Waals surface area contributed by atoms with Crippen LogP contribution in [0.1, 0.15) is 5.56 Å². The van der Waals surface area contributed by atoms with Crippen molar-refractivity contribution in [1.29, 1.82) is 0 Å². The summed E-state index contributed by atoms with van der Waals surface area (Å²) in [5.74, 6) is 0.640. The minimum absolute atomic E-state index is 0.640. The van der Waals surface area contributed by atoms with E-state index in [0.29, 0.717) is 5.95 Å². The van der Waals surface area contributed by atoms with Gasteiger partial charge in [0.25, 0.3) is 0 Å². The third-order valence-corrected chi connectivity index (χ3v) is 1.88. The summed E-state index contributed by atoms with van der Waals surface area (Å²) < 4.78 is 1.75. The first-order valence-electron chi connectivity index (χ1n) is 4.71.